The Labute approximate surface area is 88.8 Å². The van der Waals surface area contributed by atoms with Crippen molar-refractivity contribution in [2.24, 2.45) is 0 Å². The first-order valence-electron chi connectivity index (χ1n) is 5.18. The topological polar surface area (TPSA) is 42.4 Å². The van der Waals surface area contributed by atoms with E-state index in [1.54, 1.807) is 12.4 Å². The molecule has 0 unspecified atom stereocenters. The number of nitrogens with zero attached hydrogens (tertiary/aromatic N) is 2. The fourth-order valence-corrected chi connectivity index (χ4v) is 1.56. The molecule has 0 radical (unpaired) electrons. The Bertz CT molecular complexity index is 321. The van der Waals surface area contributed by atoms with E-state index >= 15 is 0 Å². The van der Waals surface area contributed by atoms with E-state index in [1.165, 1.54) is 5.06 Å². The fraction of sp³-hybridized carbons (Fsp3) is 0.455. The molecule has 0 atom stereocenters. The first-order valence-corrected chi connectivity index (χ1v) is 5.18. The Morgan fingerprint density at radius 3 is 3.13 bits per heavy atom. The normalized spacial score (nSPS) is 16.4. The zero-order valence-electron chi connectivity index (χ0n) is 8.56. The lowest BCUT2D eigenvalue weighted by Crippen LogP contribution is -2.36. The number of rotatable bonds is 2. The first kappa shape index (κ1) is 10.1. The van der Waals surface area contributed by atoms with Gasteiger partial charge in [-0.1, -0.05) is 6.07 Å². The van der Waals surface area contributed by atoms with Crippen molar-refractivity contribution in [1.82, 2.24) is 10.0 Å². The summed E-state index contributed by atoms with van der Waals surface area (Å²) in [6.07, 6.45) is 5.84. The highest BCUT2D eigenvalue weighted by atomic mass is 16.7. The van der Waals surface area contributed by atoms with Crippen LogP contribution in [0.4, 0.5) is 0 Å². The molecule has 4 nitrogen and oxygen atoms in total. The standard InChI is InChI=1S/C11H14N2O2/c14-11(13-6-1-2-7-15-13)8-10-4-3-5-12-9-10/h3-5,9H,1-2,6-8H2. The Balaban J connectivity index is 1.91. The van der Waals surface area contributed by atoms with Crippen LogP contribution in [0.1, 0.15) is 18.4 Å². The van der Waals surface area contributed by atoms with E-state index in [9.17, 15) is 4.79 Å². The molecule has 1 aliphatic heterocycles. The van der Waals surface area contributed by atoms with Crippen molar-refractivity contribution in [2.45, 2.75) is 19.3 Å². The molecule has 1 saturated heterocycles. The van der Waals surface area contributed by atoms with Crippen molar-refractivity contribution in [3.63, 3.8) is 0 Å². The summed E-state index contributed by atoms with van der Waals surface area (Å²) in [5, 5.41) is 1.47. The molecular weight excluding hydrogens is 192 g/mol. The van der Waals surface area contributed by atoms with E-state index in [0.29, 0.717) is 19.6 Å². The lowest BCUT2D eigenvalue weighted by Gasteiger charge is -2.25. The van der Waals surface area contributed by atoms with Crippen molar-refractivity contribution in [1.29, 1.82) is 0 Å². The molecule has 0 spiro atoms. The van der Waals surface area contributed by atoms with Crippen LogP contribution in [0.15, 0.2) is 24.5 Å². The van der Waals surface area contributed by atoms with Crippen molar-refractivity contribution >= 4 is 5.91 Å². The minimum atomic E-state index is 0.0164. The van der Waals surface area contributed by atoms with Crippen molar-refractivity contribution in [3.8, 4) is 0 Å². The zero-order valence-corrected chi connectivity index (χ0v) is 8.56. The molecule has 1 amide bonds. The molecule has 0 aromatic carbocycles. The second-order valence-corrected chi connectivity index (χ2v) is 3.57. The van der Waals surface area contributed by atoms with Gasteiger partial charge in [-0.15, -0.1) is 0 Å². The van der Waals surface area contributed by atoms with Gasteiger partial charge in [-0.3, -0.25) is 14.6 Å². The van der Waals surface area contributed by atoms with E-state index in [0.717, 1.165) is 18.4 Å². The molecule has 0 N–H and O–H groups in total. The van der Waals surface area contributed by atoms with Gasteiger partial charge >= 0.3 is 0 Å². The quantitative estimate of drug-likeness (QED) is 0.729. The molecule has 1 aromatic rings. The van der Waals surface area contributed by atoms with Crippen molar-refractivity contribution in [2.75, 3.05) is 13.2 Å². The van der Waals surface area contributed by atoms with Gasteiger partial charge < -0.3 is 0 Å². The smallest absolute Gasteiger partial charge is 0.250 e. The van der Waals surface area contributed by atoms with Crippen LogP contribution in [0.5, 0.6) is 0 Å². The number of carbonyl (C=O) groups is 1. The highest BCUT2D eigenvalue weighted by Gasteiger charge is 2.17. The lowest BCUT2D eigenvalue weighted by molar-refractivity contribution is -0.196. The summed E-state index contributed by atoms with van der Waals surface area (Å²) in [6.45, 7) is 1.36. The lowest BCUT2D eigenvalue weighted by atomic mass is 10.2. The summed E-state index contributed by atoms with van der Waals surface area (Å²) in [5.74, 6) is 0.0164. The molecule has 1 aromatic heterocycles. The van der Waals surface area contributed by atoms with Crippen LogP contribution in [-0.4, -0.2) is 29.1 Å². The maximum atomic E-state index is 11.7. The van der Waals surface area contributed by atoms with Crippen LogP contribution in [0.25, 0.3) is 0 Å². The van der Waals surface area contributed by atoms with E-state index in [4.69, 9.17) is 4.84 Å². The van der Waals surface area contributed by atoms with Crippen LogP contribution < -0.4 is 0 Å². The largest absolute Gasteiger partial charge is 0.272 e. The fourth-order valence-electron chi connectivity index (χ4n) is 1.56. The number of aromatic nitrogens is 1. The summed E-state index contributed by atoms with van der Waals surface area (Å²) in [7, 11) is 0. The Morgan fingerprint density at radius 2 is 2.47 bits per heavy atom. The SMILES string of the molecule is O=C(Cc1cccnc1)N1CCCCO1. The summed E-state index contributed by atoms with van der Waals surface area (Å²) < 4.78 is 0. The summed E-state index contributed by atoms with van der Waals surface area (Å²) >= 11 is 0. The molecule has 1 aliphatic rings. The molecule has 15 heavy (non-hydrogen) atoms. The minimum Gasteiger partial charge on any atom is -0.272 e. The van der Waals surface area contributed by atoms with Crippen LogP contribution in [-0.2, 0) is 16.1 Å². The van der Waals surface area contributed by atoms with Gasteiger partial charge in [-0.2, -0.15) is 0 Å². The average Bonchev–Trinajstić information content (AvgIpc) is 2.31. The van der Waals surface area contributed by atoms with Crippen molar-refractivity contribution in [3.05, 3.63) is 30.1 Å². The molecule has 4 heteroatoms. The summed E-state index contributed by atoms with van der Waals surface area (Å²) in [5.41, 5.74) is 0.927. The molecule has 0 bridgehead atoms. The van der Waals surface area contributed by atoms with Crippen LogP contribution in [0.3, 0.4) is 0 Å². The van der Waals surface area contributed by atoms with Gasteiger partial charge in [0, 0.05) is 18.9 Å². The minimum absolute atomic E-state index is 0.0164. The van der Waals surface area contributed by atoms with E-state index in [1.807, 2.05) is 12.1 Å². The monoisotopic (exact) mass is 206 g/mol. The highest BCUT2D eigenvalue weighted by Crippen LogP contribution is 2.08. The second-order valence-electron chi connectivity index (χ2n) is 3.57. The predicted octanol–water partition coefficient (Wildman–Crippen LogP) is 1.18. The third kappa shape index (κ3) is 2.76. The van der Waals surface area contributed by atoms with E-state index in [-0.39, 0.29) is 5.91 Å². The molecule has 1 fully saturated rings. The molecule has 2 rings (SSSR count). The van der Waals surface area contributed by atoms with Crippen LogP contribution in [0.2, 0.25) is 0 Å². The predicted molar refractivity (Wildman–Crippen MR) is 54.8 cm³/mol. The van der Waals surface area contributed by atoms with Crippen LogP contribution >= 0.6 is 0 Å². The zero-order chi connectivity index (χ0) is 10.5. The number of hydrogen-bond donors (Lipinski definition) is 0. The number of carbonyl (C=O) groups excluding carboxylic acids is 1. The Morgan fingerprint density at radius 1 is 1.53 bits per heavy atom. The van der Waals surface area contributed by atoms with Gasteiger partial charge in [0.25, 0.3) is 5.91 Å². The van der Waals surface area contributed by atoms with Gasteiger partial charge in [-0.05, 0) is 24.5 Å². The van der Waals surface area contributed by atoms with Gasteiger partial charge in [0.05, 0.1) is 13.0 Å². The van der Waals surface area contributed by atoms with E-state index in [2.05, 4.69) is 4.98 Å². The third-order valence-corrected chi connectivity index (χ3v) is 2.36. The Kier molecular flexibility index (Phi) is 3.29. The number of amides is 1. The highest BCUT2D eigenvalue weighted by molar-refractivity contribution is 5.77. The molecular formula is C11H14N2O2. The second kappa shape index (κ2) is 4.89. The maximum Gasteiger partial charge on any atom is 0.250 e. The van der Waals surface area contributed by atoms with Crippen LogP contribution in [0, 0.1) is 0 Å². The van der Waals surface area contributed by atoms with Gasteiger partial charge in [0.2, 0.25) is 0 Å². The third-order valence-electron chi connectivity index (χ3n) is 2.36. The van der Waals surface area contributed by atoms with Gasteiger partial charge in [0.15, 0.2) is 0 Å². The summed E-state index contributed by atoms with van der Waals surface area (Å²) in [4.78, 5) is 21.0. The molecule has 2 heterocycles. The molecule has 0 saturated carbocycles. The molecule has 80 valence electrons. The van der Waals surface area contributed by atoms with Gasteiger partial charge in [0.1, 0.15) is 0 Å². The average molecular weight is 206 g/mol. The van der Waals surface area contributed by atoms with Gasteiger partial charge in [-0.25, -0.2) is 5.06 Å². The first-order chi connectivity index (χ1) is 7.36. The maximum absolute atomic E-state index is 11.7. The Hall–Kier alpha value is -1.42. The number of hydroxylamine groups is 2. The van der Waals surface area contributed by atoms with Crippen molar-refractivity contribution < 1.29 is 9.63 Å². The molecule has 0 aliphatic carbocycles. The number of pyridine rings is 1. The number of hydrogen-bond acceptors (Lipinski definition) is 3. The van der Waals surface area contributed by atoms with E-state index < -0.39 is 0 Å². The summed E-state index contributed by atoms with van der Waals surface area (Å²) in [6, 6.07) is 3.73.